The van der Waals surface area contributed by atoms with Gasteiger partial charge in [-0.05, 0) is 0 Å². The van der Waals surface area contributed by atoms with Crippen LogP contribution in [0.2, 0.25) is 0 Å². The number of thioether (sulfide) groups is 1. The van der Waals surface area contributed by atoms with Crippen LogP contribution in [0.15, 0.2) is 0 Å². The van der Waals surface area contributed by atoms with Gasteiger partial charge >= 0.3 is 12.0 Å². The van der Waals surface area contributed by atoms with Crippen molar-refractivity contribution < 1.29 is 19.8 Å². The number of amides is 2. The molecule has 6 nitrogen and oxygen atoms in total. The first-order valence-electron chi connectivity index (χ1n) is 5.98. The molecule has 3 atom stereocenters. The van der Waals surface area contributed by atoms with Crippen LogP contribution < -0.4 is 5.32 Å². The number of rotatable bonds is 4. The quantitative estimate of drug-likeness (QED) is 0.689. The molecule has 7 heteroatoms. The van der Waals surface area contributed by atoms with E-state index in [2.05, 4.69) is 5.32 Å². The third-order valence-corrected chi connectivity index (χ3v) is 3.95. The fourth-order valence-electron chi connectivity index (χ4n) is 1.97. The number of aliphatic hydroxyl groups is 1. The predicted octanol–water partition coefficient (Wildman–Crippen LogP) is 0.357. The Hall–Kier alpha value is -0.950. The average molecular weight is 276 g/mol. The zero-order chi connectivity index (χ0) is 13.7. The van der Waals surface area contributed by atoms with Gasteiger partial charge in [0.05, 0.1) is 0 Å². The van der Waals surface area contributed by atoms with Crippen molar-refractivity contribution in [3.05, 3.63) is 0 Å². The van der Waals surface area contributed by atoms with Gasteiger partial charge < -0.3 is 20.4 Å². The Balaban J connectivity index is 2.55. The summed E-state index contributed by atoms with van der Waals surface area (Å²) in [6.07, 6.45) is 0.0226. The van der Waals surface area contributed by atoms with E-state index in [9.17, 15) is 9.59 Å². The largest absolute Gasteiger partial charge is 0.480 e. The van der Waals surface area contributed by atoms with E-state index in [0.717, 1.165) is 0 Å². The molecule has 1 rings (SSSR count). The molecule has 0 radical (unpaired) electrons. The van der Waals surface area contributed by atoms with Gasteiger partial charge in [0.2, 0.25) is 0 Å². The van der Waals surface area contributed by atoms with E-state index in [1.807, 2.05) is 25.6 Å². The van der Waals surface area contributed by atoms with E-state index in [-0.39, 0.29) is 19.1 Å². The number of aliphatic carboxylic acids is 1. The van der Waals surface area contributed by atoms with Crippen molar-refractivity contribution in [1.29, 1.82) is 0 Å². The molecule has 18 heavy (non-hydrogen) atoms. The normalized spacial score (nSPS) is 25.6. The molecule has 104 valence electrons. The lowest BCUT2D eigenvalue weighted by Gasteiger charge is -2.35. The van der Waals surface area contributed by atoms with Crippen LogP contribution in [0.25, 0.3) is 0 Å². The maximum atomic E-state index is 11.9. The Kier molecular flexibility index (Phi) is 5.74. The molecule has 0 spiro atoms. The minimum Gasteiger partial charge on any atom is -0.480 e. The number of aliphatic hydroxyl groups excluding tert-OH is 1. The van der Waals surface area contributed by atoms with Crippen molar-refractivity contribution in [2.75, 3.05) is 19.7 Å². The van der Waals surface area contributed by atoms with Crippen LogP contribution >= 0.6 is 11.8 Å². The third-order valence-electron chi connectivity index (χ3n) is 2.72. The van der Waals surface area contributed by atoms with Crippen LogP contribution in [0.1, 0.15) is 20.3 Å². The van der Waals surface area contributed by atoms with Gasteiger partial charge in [-0.25, -0.2) is 9.59 Å². The molecule has 1 fully saturated rings. The number of carbonyl (C=O) groups is 2. The second-order valence-electron chi connectivity index (χ2n) is 4.51. The minimum absolute atomic E-state index is 0.0226. The second-order valence-corrected chi connectivity index (χ2v) is 6.40. The molecule has 0 saturated carbocycles. The van der Waals surface area contributed by atoms with Crippen molar-refractivity contribution in [2.45, 2.75) is 36.8 Å². The topological polar surface area (TPSA) is 89.9 Å². The predicted molar refractivity (Wildman–Crippen MR) is 69.7 cm³/mol. The average Bonchev–Trinajstić information content (AvgIpc) is 2.26. The summed E-state index contributed by atoms with van der Waals surface area (Å²) in [5.41, 5.74) is 0. The zero-order valence-electron chi connectivity index (χ0n) is 10.6. The molecule has 1 aliphatic rings. The van der Waals surface area contributed by atoms with E-state index < -0.39 is 12.0 Å². The SMILES string of the molecule is CC1CN(C(=O)NC(CCO)C(=O)O)CC(C)S1. The summed E-state index contributed by atoms with van der Waals surface area (Å²) in [6, 6.07) is -1.39. The monoisotopic (exact) mass is 276 g/mol. The van der Waals surface area contributed by atoms with Crippen LogP contribution in [0, 0.1) is 0 Å². The lowest BCUT2D eigenvalue weighted by atomic mass is 10.2. The van der Waals surface area contributed by atoms with Gasteiger partial charge in [0.1, 0.15) is 6.04 Å². The van der Waals surface area contributed by atoms with Crippen LogP contribution in [-0.4, -0.2) is 63.4 Å². The fourth-order valence-corrected chi connectivity index (χ4v) is 3.30. The molecular weight excluding hydrogens is 256 g/mol. The molecule has 0 bridgehead atoms. The molecule has 0 aromatic heterocycles. The van der Waals surface area contributed by atoms with Crippen LogP contribution in [0.3, 0.4) is 0 Å². The smallest absolute Gasteiger partial charge is 0.326 e. The lowest BCUT2D eigenvalue weighted by molar-refractivity contribution is -0.139. The van der Waals surface area contributed by atoms with Gasteiger partial charge in [-0.1, -0.05) is 13.8 Å². The maximum Gasteiger partial charge on any atom is 0.326 e. The molecule has 1 aliphatic heterocycles. The number of nitrogens with one attached hydrogen (secondary N) is 1. The van der Waals surface area contributed by atoms with Gasteiger partial charge in [-0.3, -0.25) is 0 Å². The summed E-state index contributed by atoms with van der Waals surface area (Å²) in [4.78, 5) is 24.5. The summed E-state index contributed by atoms with van der Waals surface area (Å²) in [6.45, 7) is 5.06. The Bertz CT molecular complexity index is 303. The Morgan fingerprint density at radius 3 is 2.39 bits per heavy atom. The molecule has 3 unspecified atom stereocenters. The van der Waals surface area contributed by atoms with Gasteiger partial charge in [0, 0.05) is 36.6 Å². The summed E-state index contributed by atoms with van der Waals surface area (Å²) in [7, 11) is 0. The highest BCUT2D eigenvalue weighted by molar-refractivity contribution is 8.00. The first kappa shape index (κ1) is 15.1. The molecule has 2 amide bonds. The Morgan fingerprint density at radius 1 is 1.39 bits per heavy atom. The van der Waals surface area contributed by atoms with Crippen LogP contribution in [-0.2, 0) is 4.79 Å². The Labute approximate surface area is 111 Å². The highest BCUT2D eigenvalue weighted by Gasteiger charge is 2.28. The van der Waals surface area contributed by atoms with Crippen molar-refractivity contribution in [2.24, 2.45) is 0 Å². The van der Waals surface area contributed by atoms with Crippen molar-refractivity contribution >= 4 is 23.8 Å². The number of carbonyl (C=O) groups excluding carboxylic acids is 1. The molecule has 1 saturated heterocycles. The van der Waals surface area contributed by atoms with Crippen LogP contribution in [0.4, 0.5) is 4.79 Å². The van der Waals surface area contributed by atoms with Gasteiger partial charge in [-0.15, -0.1) is 0 Å². The fraction of sp³-hybridized carbons (Fsp3) is 0.818. The first-order chi connectivity index (χ1) is 8.43. The number of urea groups is 1. The Morgan fingerprint density at radius 2 is 1.94 bits per heavy atom. The van der Waals surface area contributed by atoms with E-state index in [1.165, 1.54) is 0 Å². The summed E-state index contributed by atoms with van der Waals surface area (Å²) in [5, 5.41) is 20.8. The summed E-state index contributed by atoms with van der Waals surface area (Å²) < 4.78 is 0. The molecule has 0 aromatic rings. The summed E-state index contributed by atoms with van der Waals surface area (Å²) in [5.74, 6) is -1.12. The first-order valence-corrected chi connectivity index (χ1v) is 6.93. The van der Waals surface area contributed by atoms with E-state index in [1.54, 1.807) is 4.90 Å². The molecule has 1 heterocycles. The van der Waals surface area contributed by atoms with E-state index in [0.29, 0.717) is 23.6 Å². The molecule has 0 aliphatic carbocycles. The zero-order valence-corrected chi connectivity index (χ0v) is 11.4. The van der Waals surface area contributed by atoms with Crippen molar-refractivity contribution in [1.82, 2.24) is 10.2 Å². The van der Waals surface area contributed by atoms with Gasteiger partial charge in [-0.2, -0.15) is 11.8 Å². The number of hydrogen-bond acceptors (Lipinski definition) is 4. The minimum atomic E-state index is -1.12. The van der Waals surface area contributed by atoms with Crippen molar-refractivity contribution in [3.8, 4) is 0 Å². The second kappa shape index (κ2) is 6.84. The molecule has 0 aromatic carbocycles. The molecule has 3 N–H and O–H groups in total. The van der Waals surface area contributed by atoms with E-state index in [4.69, 9.17) is 10.2 Å². The van der Waals surface area contributed by atoms with E-state index >= 15 is 0 Å². The highest BCUT2D eigenvalue weighted by atomic mass is 32.2. The van der Waals surface area contributed by atoms with Gasteiger partial charge in [0.15, 0.2) is 0 Å². The third kappa shape index (κ3) is 4.38. The standard InChI is InChI=1S/C11H20N2O4S/c1-7-5-13(6-8(2)18-7)11(17)12-9(3-4-14)10(15)16/h7-9,14H,3-6H2,1-2H3,(H,12,17)(H,15,16). The highest BCUT2D eigenvalue weighted by Crippen LogP contribution is 2.24. The molecular formula is C11H20N2O4S. The number of carboxylic acid groups (broad SMARTS) is 1. The van der Waals surface area contributed by atoms with Crippen molar-refractivity contribution in [3.63, 3.8) is 0 Å². The number of hydrogen-bond donors (Lipinski definition) is 3. The number of carboxylic acids is 1. The maximum absolute atomic E-state index is 11.9. The summed E-state index contributed by atoms with van der Waals surface area (Å²) >= 11 is 1.82. The van der Waals surface area contributed by atoms with Crippen LogP contribution in [0.5, 0.6) is 0 Å². The van der Waals surface area contributed by atoms with Gasteiger partial charge in [0.25, 0.3) is 0 Å². The lowest BCUT2D eigenvalue weighted by Crippen LogP contribution is -2.52. The number of nitrogens with zero attached hydrogens (tertiary/aromatic N) is 1.